The number of morpholine rings is 1. The average Bonchev–Trinajstić information content (AvgIpc) is 2.38. The second-order valence-electron chi connectivity index (χ2n) is 4.74. The molecule has 5 nitrogen and oxygen atoms in total. The third kappa shape index (κ3) is 3.26. The number of hydrogen-bond donors (Lipinski definition) is 2. The molecule has 1 aliphatic rings. The maximum atomic E-state index is 11.6. The van der Waals surface area contributed by atoms with Crippen LogP contribution in [0.1, 0.15) is 17.3 Å². The fourth-order valence-corrected chi connectivity index (χ4v) is 2.55. The lowest BCUT2D eigenvalue weighted by molar-refractivity contribution is 0.0275. The summed E-state index contributed by atoms with van der Waals surface area (Å²) in [6.45, 7) is 3.91. The predicted octanol–water partition coefficient (Wildman–Crippen LogP) is 1.10. The van der Waals surface area contributed by atoms with Crippen molar-refractivity contribution in [1.82, 2.24) is 0 Å². The van der Waals surface area contributed by atoms with Crippen molar-refractivity contribution in [3.05, 3.63) is 28.2 Å². The van der Waals surface area contributed by atoms with Gasteiger partial charge in [0, 0.05) is 29.3 Å². The summed E-state index contributed by atoms with van der Waals surface area (Å²) in [6.07, 6.45) is -0.0295. The third-order valence-electron chi connectivity index (χ3n) is 3.24. The SMILES string of the molecule is CC(N)C1CN(c2ccc(Br)cc2C(N)=O)CCO1. The van der Waals surface area contributed by atoms with Gasteiger partial charge in [0.05, 0.1) is 18.3 Å². The highest BCUT2D eigenvalue weighted by atomic mass is 79.9. The standard InChI is InChI=1S/C13H18BrN3O2/c1-8(15)12-7-17(4-5-19-12)11-3-2-9(14)6-10(11)13(16)18/h2-3,6,8,12H,4-5,7,15H2,1H3,(H2,16,18). The Morgan fingerprint density at radius 2 is 2.32 bits per heavy atom. The number of nitrogens with zero attached hydrogens (tertiary/aromatic N) is 1. The van der Waals surface area contributed by atoms with Crippen molar-refractivity contribution in [1.29, 1.82) is 0 Å². The summed E-state index contributed by atoms with van der Waals surface area (Å²) in [5.74, 6) is -0.430. The minimum atomic E-state index is -0.430. The lowest BCUT2D eigenvalue weighted by atomic mass is 10.1. The van der Waals surface area contributed by atoms with E-state index in [0.29, 0.717) is 18.7 Å². The normalized spacial score (nSPS) is 21.2. The van der Waals surface area contributed by atoms with Gasteiger partial charge >= 0.3 is 0 Å². The zero-order valence-corrected chi connectivity index (χ0v) is 12.4. The van der Waals surface area contributed by atoms with Crippen molar-refractivity contribution < 1.29 is 9.53 Å². The first-order valence-corrected chi connectivity index (χ1v) is 7.00. The first-order chi connectivity index (χ1) is 8.99. The van der Waals surface area contributed by atoms with E-state index in [1.54, 1.807) is 6.07 Å². The van der Waals surface area contributed by atoms with Crippen molar-refractivity contribution in [3.8, 4) is 0 Å². The van der Waals surface area contributed by atoms with Crippen LogP contribution in [0.25, 0.3) is 0 Å². The van der Waals surface area contributed by atoms with E-state index in [1.807, 2.05) is 19.1 Å². The molecular formula is C13H18BrN3O2. The zero-order valence-electron chi connectivity index (χ0n) is 10.8. The molecule has 0 saturated carbocycles. The Balaban J connectivity index is 2.28. The number of carbonyl (C=O) groups excluding carboxylic acids is 1. The molecular weight excluding hydrogens is 310 g/mol. The molecule has 0 radical (unpaired) electrons. The van der Waals surface area contributed by atoms with Gasteiger partial charge in [0.25, 0.3) is 5.91 Å². The second kappa shape index (κ2) is 5.90. The molecule has 19 heavy (non-hydrogen) atoms. The number of halogens is 1. The molecule has 1 aromatic rings. The fourth-order valence-electron chi connectivity index (χ4n) is 2.19. The molecule has 0 aliphatic carbocycles. The Morgan fingerprint density at radius 3 is 2.95 bits per heavy atom. The summed E-state index contributed by atoms with van der Waals surface area (Å²) in [7, 11) is 0. The Morgan fingerprint density at radius 1 is 1.58 bits per heavy atom. The number of primary amides is 1. The van der Waals surface area contributed by atoms with Gasteiger partial charge in [0.2, 0.25) is 0 Å². The van der Waals surface area contributed by atoms with Crippen molar-refractivity contribution in [2.24, 2.45) is 11.5 Å². The molecule has 1 saturated heterocycles. The van der Waals surface area contributed by atoms with Gasteiger partial charge in [-0.3, -0.25) is 4.79 Å². The van der Waals surface area contributed by atoms with Crippen molar-refractivity contribution in [2.45, 2.75) is 19.1 Å². The molecule has 1 amide bonds. The van der Waals surface area contributed by atoms with E-state index in [2.05, 4.69) is 20.8 Å². The molecule has 0 aromatic heterocycles. The Labute approximate surface area is 121 Å². The topological polar surface area (TPSA) is 81.6 Å². The Kier molecular flexibility index (Phi) is 4.44. The maximum Gasteiger partial charge on any atom is 0.250 e. The summed E-state index contributed by atoms with van der Waals surface area (Å²) < 4.78 is 6.46. The molecule has 2 rings (SSSR count). The quantitative estimate of drug-likeness (QED) is 0.871. The van der Waals surface area contributed by atoms with Crippen molar-refractivity contribution in [3.63, 3.8) is 0 Å². The Hall–Kier alpha value is -1.11. The molecule has 2 atom stereocenters. The minimum absolute atomic E-state index is 0.0295. The number of amides is 1. The zero-order chi connectivity index (χ0) is 14.0. The molecule has 0 spiro atoms. The lowest BCUT2D eigenvalue weighted by Crippen LogP contribution is -2.50. The molecule has 1 heterocycles. The molecule has 1 aromatic carbocycles. The van der Waals surface area contributed by atoms with Gasteiger partial charge in [0.1, 0.15) is 0 Å². The van der Waals surface area contributed by atoms with Gasteiger partial charge < -0.3 is 21.1 Å². The van der Waals surface area contributed by atoms with Crippen LogP contribution in [0, 0.1) is 0 Å². The van der Waals surface area contributed by atoms with Gasteiger partial charge in [-0.1, -0.05) is 15.9 Å². The summed E-state index contributed by atoms with van der Waals surface area (Å²) in [4.78, 5) is 13.7. The summed E-state index contributed by atoms with van der Waals surface area (Å²) >= 11 is 3.35. The summed E-state index contributed by atoms with van der Waals surface area (Å²) in [6, 6.07) is 5.50. The number of anilines is 1. The van der Waals surface area contributed by atoms with Crippen LogP contribution in [0.3, 0.4) is 0 Å². The number of carbonyl (C=O) groups is 1. The number of benzene rings is 1. The van der Waals surface area contributed by atoms with Crippen LogP contribution in [0.2, 0.25) is 0 Å². The van der Waals surface area contributed by atoms with Gasteiger partial charge in [-0.2, -0.15) is 0 Å². The number of ether oxygens (including phenoxy) is 1. The smallest absolute Gasteiger partial charge is 0.250 e. The fraction of sp³-hybridized carbons (Fsp3) is 0.462. The van der Waals surface area contributed by atoms with E-state index in [4.69, 9.17) is 16.2 Å². The number of nitrogens with two attached hydrogens (primary N) is 2. The van der Waals surface area contributed by atoms with Crippen LogP contribution in [0.5, 0.6) is 0 Å². The van der Waals surface area contributed by atoms with E-state index in [1.165, 1.54) is 0 Å². The number of hydrogen-bond acceptors (Lipinski definition) is 4. The van der Waals surface area contributed by atoms with Crippen LogP contribution in [-0.2, 0) is 4.74 Å². The van der Waals surface area contributed by atoms with Gasteiger partial charge in [-0.05, 0) is 25.1 Å². The lowest BCUT2D eigenvalue weighted by Gasteiger charge is -2.36. The van der Waals surface area contributed by atoms with Gasteiger partial charge in [-0.15, -0.1) is 0 Å². The summed E-state index contributed by atoms with van der Waals surface area (Å²) in [5.41, 5.74) is 12.7. The molecule has 1 aliphatic heterocycles. The minimum Gasteiger partial charge on any atom is -0.373 e. The van der Waals surface area contributed by atoms with E-state index in [0.717, 1.165) is 16.7 Å². The van der Waals surface area contributed by atoms with Crippen molar-refractivity contribution >= 4 is 27.5 Å². The molecule has 2 unspecified atom stereocenters. The molecule has 104 valence electrons. The first kappa shape index (κ1) is 14.3. The van der Waals surface area contributed by atoms with E-state index >= 15 is 0 Å². The number of rotatable bonds is 3. The van der Waals surface area contributed by atoms with Crippen LogP contribution in [0.4, 0.5) is 5.69 Å². The molecule has 1 fully saturated rings. The van der Waals surface area contributed by atoms with Crippen LogP contribution < -0.4 is 16.4 Å². The van der Waals surface area contributed by atoms with E-state index in [-0.39, 0.29) is 12.1 Å². The largest absolute Gasteiger partial charge is 0.373 e. The molecule has 4 N–H and O–H groups in total. The highest BCUT2D eigenvalue weighted by Gasteiger charge is 2.25. The third-order valence-corrected chi connectivity index (χ3v) is 3.74. The van der Waals surface area contributed by atoms with Crippen LogP contribution in [0.15, 0.2) is 22.7 Å². The monoisotopic (exact) mass is 327 g/mol. The van der Waals surface area contributed by atoms with Crippen molar-refractivity contribution in [2.75, 3.05) is 24.6 Å². The maximum absolute atomic E-state index is 11.6. The molecule has 6 heteroatoms. The average molecular weight is 328 g/mol. The highest BCUT2D eigenvalue weighted by molar-refractivity contribution is 9.10. The second-order valence-corrected chi connectivity index (χ2v) is 5.66. The van der Waals surface area contributed by atoms with Gasteiger partial charge in [-0.25, -0.2) is 0 Å². The van der Waals surface area contributed by atoms with Crippen LogP contribution >= 0.6 is 15.9 Å². The summed E-state index contributed by atoms with van der Waals surface area (Å²) in [5, 5.41) is 0. The highest BCUT2D eigenvalue weighted by Crippen LogP contribution is 2.26. The van der Waals surface area contributed by atoms with E-state index in [9.17, 15) is 4.79 Å². The Bertz CT molecular complexity index is 479. The first-order valence-electron chi connectivity index (χ1n) is 6.20. The predicted molar refractivity (Wildman–Crippen MR) is 78.3 cm³/mol. The van der Waals surface area contributed by atoms with E-state index < -0.39 is 5.91 Å². The molecule has 0 bridgehead atoms. The van der Waals surface area contributed by atoms with Crippen LogP contribution in [-0.4, -0.2) is 37.7 Å². The van der Waals surface area contributed by atoms with Gasteiger partial charge in [0.15, 0.2) is 0 Å².